The maximum Gasteiger partial charge on any atom is 0.264 e. The van der Waals surface area contributed by atoms with Gasteiger partial charge in [0.1, 0.15) is 6.10 Å². The third kappa shape index (κ3) is 2.77. The molecule has 1 rings (SSSR count). The van der Waals surface area contributed by atoms with Crippen LogP contribution in [0.25, 0.3) is 0 Å². The van der Waals surface area contributed by atoms with Crippen molar-refractivity contribution in [2.24, 2.45) is 0 Å². The number of rotatable bonds is 2. The van der Waals surface area contributed by atoms with Crippen molar-refractivity contribution < 1.29 is 18.3 Å². The summed E-state index contributed by atoms with van der Waals surface area (Å²) in [4.78, 5) is 12.6. The topological polar surface area (TPSA) is 29.5 Å². The van der Waals surface area contributed by atoms with Gasteiger partial charge in [-0.15, -0.1) is 0 Å². The lowest BCUT2D eigenvalue weighted by Crippen LogP contribution is -2.31. The van der Waals surface area contributed by atoms with Gasteiger partial charge < -0.3 is 9.64 Å². The van der Waals surface area contributed by atoms with Crippen molar-refractivity contribution in [3.8, 4) is 0 Å². The maximum absolute atomic E-state index is 12.3. The Kier molecular flexibility index (Phi) is 4.00. The Morgan fingerprint density at radius 2 is 2.29 bits per heavy atom. The van der Waals surface area contributed by atoms with Gasteiger partial charge in [-0.05, 0) is 12.5 Å². The number of amides is 1. The summed E-state index contributed by atoms with van der Waals surface area (Å²) in [5, 5.41) is 0. The molecule has 1 amide bonds. The van der Waals surface area contributed by atoms with E-state index in [1.807, 2.05) is 0 Å². The second kappa shape index (κ2) is 5.05. The van der Waals surface area contributed by atoms with Gasteiger partial charge in [0.05, 0.1) is 6.61 Å². The van der Waals surface area contributed by atoms with Crippen molar-refractivity contribution in [3.05, 3.63) is 12.7 Å². The highest BCUT2D eigenvalue weighted by Gasteiger charge is 2.25. The van der Waals surface area contributed by atoms with Crippen LogP contribution >= 0.6 is 0 Å². The van der Waals surface area contributed by atoms with Crippen molar-refractivity contribution >= 4 is 5.91 Å². The van der Waals surface area contributed by atoms with Gasteiger partial charge in [0.15, 0.2) is 0 Å². The zero-order valence-corrected chi connectivity index (χ0v) is 7.79. The van der Waals surface area contributed by atoms with E-state index in [0.29, 0.717) is 13.1 Å². The zero-order chi connectivity index (χ0) is 10.6. The van der Waals surface area contributed by atoms with Gasteiger partial charge >= 0.3 is 0 Å². The molecule has 0 radical (unpaired) electrons. The summed E-state index contributed by atoms with van der Waals surface area (Å²) in [6.07, 6.45) is -2.16. The summed E-state index contributed by atoms with van der Waals surface area (Å²) in [6.45, 7) is 4.16. The van der Waals surface area contributed by atoms with E-state index in [4.69, 9.17) is 4.74 Å². The molecule has 5 heteroatoms. The molecule has 1 atom stereocenters. The molecule has 1 saturated heterocycles. The smallest absolute Gasteiger partial charge is 0.264 e. The molecule has 0 N–H and O–H groups in total. The van der Waals surface area contributed by atoms with Gasteiger partial charge in [0, 0.05) is 13.1 Å². The standard InChI is InChI=1S/C9H13F2NO2/c1-2-8(13)12-4-3-7(9(10)11)14-6-5-12/h2,7,9H,1,3-6H2. The predicted octanol–water partition coefficient (Wildman–Crippen LogP) is 1.05. The number of hydrogen-bond donors (Lipinski definition) is 0. The molecular formula is C9H13F2NO2. The summed E-state index contributed by atoms with van der Waals surface area (Å²) in [7, 11) is 0. The number of carbonyl (C=O) groups is 1. The fourth-order valence-corrected chi connectivity index (χ4v) is 1.34. The molecule has 1 aliphatic heterocycles. The Labute approximate surface area is 81.3 Å². The molecule has 14 heavy (non-hydrogen) atoms. The Balaban J connectivity index is 2.48. The average Bonchev–Trinajstić information content (AvgIpc) is 2.41. The molecule has 0 aromatic carbocycles. The maximum atomic E-state index is 12.3. The van der Waals surface area contributed by atoms with E-state index >= 15 is 0 Å². The van der Waals surface area contributed by atoms with E-state index in [-0.39, 0.29) is 18.9 Å². The highest BCUT2D eigenvalue weighted by atomic mass is 19.3. The zero-order valence-electron chi connectivity index (χ0n) is 7.79. The lowest BCUT2D eigenvalue weighted by Gasteiger charge is -2.17. The van der Waals surface area contributed by atoms with E-state index in [1.54, 1.807) is 0 Å². The fourth-order valence-electron chi connectivity index (χ4n) is 1.34. The normalized spacial score (nSPS) is 23.4. The quantitative estimate of drug-likeness (QED) is 0.631. The number of ether oxygens (including phenoxy) is 1. The molecule has 0 spiro atoms. The van der Waals surface area contributed by atoms with Crippen molar-refractivity contribution in [2.45, 2.75) is 19.0 Å². The number of carbonyl (C=O) groups excluding carboxylic acids is 1. The van der Waals surface area contributed by atoms with Crippen molar-refractivity contribution in [3.63, 3.8) is 0 Å². The summed E-state index contributed by atoms with van der Waals surface area (Å²) in [6, 6.07) is 0. The first-order valence-corrected chi connectivity index (χ1v) is 4.46. The van der Waals surface area contributed by atoms with Crippen LogP contribution in [-0.2, 0) is 9.53 Å². The minimum Gasteiger partial charge on any atom is -0.370 e. The molecule has 0 aromatic heterocycles. The molecule has 1 fully saturated rings. The van der Waals surface area contributed by atoms with Gasteiger partial charge in [-0.2, -0.15) is 0 Å². The first-order chi connectivity index (χ1) is 6.65. The molecule has 0 aliphatic carbocycles. The number of alkyl halides is 2. The molecule has 0 aromatic rings. The molecule has 0 saturated carbocycles. The Hall–Kier alpha value is -0.970. The average molecular weight is 205 g/mol. The predicted molar refractivity (Wildman–Crippen MR) is 47.1 cm³/mol. The summed E-state index contributed by atoms with van der Waals surface area (Å²) >= 11 is 0. The third-order valence-electron chi connectivity index (χ3n) is 2.14. The van der Waals surface area contributed by atoms with Crippen LogP contribution in [0.1, 0.15) is 6.42 Å². The fraction of sp³-hybridized carbons (Fsp3) is 0.667. The first-order valence-electron chi connectivity index (χ1n) is 4.46. The van der Waals surface area contributed by atoms with Crippen LogP contribution in [0.2, 0.25) is 0 Å². The monoisotopic (exact) mass is 205 g/mol. The Morgan fingerprint density at radius 1 is 1.57 bits per heavy atom. The van der Waals surface area contributed by atoms with Gasteiger partial charge in [-0.25, -0.2) is 8.78 Å². The summed E-state index contributed by atoms with van der Waals surface area (Å²) < 4.78 is 29.4. The summed E-state index contributed by atoms with van der Waals surface area (Å²) in [5.74, 6) is -0.233. The van der Waals surface area contributed by atoms with Crippen LogP contribution in [0.3, 0.4) is 0 Å². The van der Waals surface area contributed by atoms with Gasteiger partial charge in [0.2, 0.25) is 5.91 Å². The van der Waals surface area contributed by atoms with E-state index in [0.717, 1.165) is 0 Å². The number of hydrogen-bond acceptors (Lipinski definition) is 2. The Morgan fingerprint density at radius 3 is 2.86 bits per heavy atom. The first kappa shape index (κ1) is 11.1. The number of halogens is 2. The molecule has 80 valence electrons. The minimum atomic E-state index is -2.48. The van der Waals surface area contributed by atoms with Crippen LogP contribution in [-0.4, -0.2) is 43.0 Å². The molecule has 1 aliphatic rings. The lowest BCUT2D eigenvalue weighted by molar-refractivity contribution is -0.126. The van der Waals surface area contributed by atoms with Gasteiger partial charge in [0.25, 0.3) is 6.43 Å². The van der Waals surface area contributed by atoms with Crippen LogP contribution < -0.4 is 0 Å². The second-order valence-corrected chi connectivity index (χ2v) is 3.06. The largest absolute Gasteiger partial charge is 0.370 e. The highest BCUT2D eigenvalue weighted by molar-refractivity contribution is 5.86. The minimum absolute atomic E-state index is 0.161. The molecule has 1 unspecified atom stereocenters. The molecule has 3 nitrogen and oxygen atoms in total. The van der Waals surface area contributed by atoms with Crippen LogP contribution in [0.15, 0.2) is 12.7 Å². The van der Waals surface area contributed by atoms with Crippen LogP contribution in [0.5, 0.6) is 0 Å². The second-order valence-electron chi connectivity index (χ2n) is 3.06. The van der Waals surface area contributed by atoms with E-state index in [9.17, 15) is 13.6 Å². The number of nitrogens with zero attached hydrogens (tertiary/aromatic N) is 1. The molecule has 1 heterocycles. The van der Waals surface area contributed by atoms with Gasteiger partial charge in [-0.1, -0.05) is 6.58 Å². The lowest BCUT2D eigenvalue weighted by atomic mass is 10.2. The highest BCUT2D eigenvalue weighted by Crippen LogP contribution is 2.14. The van der Waals surface area contributed by atoms with E-state index in [1.165, 1.54) is 11.0 Å². The molecule has 0 bridgehead atoms. The third-order valence-corrected chi connectivity index (χ3v) is 2.14. The van der Waals surface area contributed by atoms with Crippen molar-refractivity contribution in [2.75, 3.05) is 19.7 Å². The SMILES string of the molecule is C=CC(=O)N1CCOC(C(F)F)CC1. The molecular weight excluding hydrogens is 192 g/mol. The van der Waals surface area contributed by atoms with Crippen molar-refractivity contribution in [1.82, 2.24) is 4.90 Å². The van der Waals surface area contributed by atoms with E-state index in [2.05, 4.69) is 6.58 Å². The van der Waals surface area contributed by atoms with Gasteiger partial charge in [-0.3, -0.25) is 4.79 Å². The van der Waals surface area contributed by atoms with Crippen LogP contribution in [0.4, 0.5) is 8.78 Å². The van der Waals surface area contributed by atoms with E-state index < -0.39 is 12.5 Å². The van der Waals surface area contributed by atoms with Crippen LogP contribution in [0, 0.1) is 0 Å². The summed E-state index contributed by atoms with van der Waals surface area (Å²) in [5.41, 5.74) is 0. The van der Waals surface area contributed by atoms with Crippen molar-refractivity contribution in [1.29, 1.82) is 0 Å². The Bertz CT molecular complexity index is 221.